The van der Waals surface area contributed by atoms with Gasteiger partial charge in [-0.25, -0.2) is 4.39 Å². The predicted octanol–water partition coefficient (Wildman–Crippen LogP) is 4.81. The van der Waals surface area contributed by atoms with E-state index in [0.29, 0.717) is 28.0 Å². The first kappa shape index (κ1) is 14.9. The number of hydrogen-bond donors (Lipinski definition) is 0. The van der Waals surface area contributed by atoms with Gasteiger partial charge in [-0.1, -0.05) is 23.7 Å². The third-order valence-corrected chi connectivity index (χ3v) is 3.32. The topological polar surface area (TPSA) is 18.5 Å². The second kappa shape index (κ2) is 6.82. The van der Waals surface area contributed by atoms with Crippen LogP contribution in [0.25, 0.3) is 0 Å². The summed E-state index contributed by atoms with van der Waals surface area (Å²) in [4.78, 5) is 0. The Bertz CT molecular complexity index is 602. The van der Waals surface area contributed by atoms with Crippen molar-refractivity contribution in [2.24, 2.45) is 0 Å². The molecule has 0 saturated carbocycles. The van der Waals surface area contributed by atoms with Crippen LogP contribution in [0.4, 0.5) is 4.39 Å². The fourth-order valence-corrected chi connectivity index (χ4v) is 2.04. The summed E-state index contributed by atoms with van der Waals surface area (Å²) < 4.78 is 24.5. The zero-order chi connectivity index (χ0) is 14.5. The minimum atomic E-state index is -0.398. The Morgan fingerprint density at radius 2 is 1.90 bits per heavy atom. The molecule has 0 spiro atoms. The maximum absolute atomic E-state index is 13.7. The van der Waals surface area contributed by atoms with Gasteiger partial charge in [-0.2, -0.15) is 0 Å². The van der Waals surface area contributed by atoms with Crippen molar-refractivity contribution in [1.29, 1.82) is 0 Å². The van der Waals surface area contributed by atoms with E-state index in [9.17, 15) is 4.39 Å². The molecule has 0 aliphatic rings. The summed E-state index contributed by atoms with van der Waals surface area (Å²) in [7, 11) is 1.55. The number of benzene rings is 2. The molecule has 106 valence electrons. The fourth-order valence-electron chi connectivity index (χ4n) is 1.71. The molecule has 2 aromatic rings. The quantitative estimate of drug-likeness (QED) is 0.738. The van der Waals surface area contributed by atoms with Crippen LogP contribution < -0.4 is 9.47 Å². The third kappa shape index (κ3) is 3.56. The molecular formula is C15H13Cl2FO2. The minimum Gasteiger partial charge on any atom is -0.493 e. The molecule has 0 unspecified atom stereocenters. The number of ether oxygens (including phenoxy) is 2. The first-order chi connectivity index (χ1) is 9.63. The zero-order valence-corrected chi connectivity index (χ0v) is 12.3. The number of alkyl halides is 1. The summed E-state index contributed by atoms with van der Waals surface area (Å²) in [6, 6.07) is 9.87. The minimum absolute atomic E-state index is 0.0884. The van der Waals surface area contributed by atoms with Crippen LogP contribution in [-0.4, -0.2) is 7.11 Å². The van der Waals surface area contributed by atoms with Crippen molar-refractivity contribution in [2.75, 3.05) is 7.11 Å². The molecule has 0 N–H and O–H groups in total. The third-order valence-electron chi connectivity index (χ3n) is 2.78. The molecule has 0 saturated heterocycles. The average Bonchev–Trinajstić information content (AvgIpc) is 2.46. The Hall–Kier alpha value is -1.45. The Morgan fingerprint density at radius 1 is 1.10 bits per heavy atom. The van der Waals surface area contributed by atoms with E-state index in [0.717, 1.165) is 5.56 Å². The highest BCUT2D eigenvalue weighted by Crippen LogP contribution is 2.29. The Labute approximate surface area is 127 Å². The first-order valence-electron chi connectivity index (χ1n) is 5.93. The van der Waals surface area contributed by atoms with Crippen LogP contribution in [0.2, 0.25) is 5.02 Å². The monoisotopic (exact) mass is 314 g/mol. The first-order valence-corrected chi connectivity index (χ1v) is 6.85. The molecule has 0 fully saturated rings. The van der Waals surface area contributed by atoms with Crippen LogP contribution in [0.1, 0.15) is 11.1 Å². The van der Waals surface area contributed by atoms with Gasteiger partial charge in [0, 0.05) is 16.5 Å². The lowest BCUT2D eigenvalue weighted by Gasteiger charge is -2.12. The van der Waals surface area contributed by atoms with Crippen molar-refractivity contribution in [3.8, 4) is 11.5 Å². The summed E-state index contributed by atoms with van der Waals surface area (Å²) in [5.74, 6) is 1.08. The normalized spacial score (nSPS) is 10.4. The van der Waals surface area contributed by atoms with Gasteiger partial charge in [-0.15, -0.1) is 11.6 Å². The summed E-state index contributed by atoms with van der Waals surface area (Å²) in [5.41, 5.74) is 1.33. The van der Waals surface area contributed by atoms with Gasteiger partial charge in [0.1, 0.15) is 12.4 Å². The summed E-state index contributed by atoms with van der Waals surface area (Å²) >= 11 is 11.5. The van der Waals surface area contributed by atoms with Gasteiger partial charge in [0.05, 0.1) is 7.11 Å². The number of hydrogen-bond acceptors (Lipinski definition) is 2. The van der Waals surface area contributed by atoms with E-state index in [4.69, 9.17) is 32.7 Å². The molecule has 2 aromatic carbocycles. The molecule has 0 aromatic heterocycles. The van der Waals surface area contributed by atoms with E-state index in [2.05, 4.69) is 0 Å². The van der Waals surface area contributed by atoms with Crippen LogP contribution in [-0.2, 0) is 12.5 Å². The lowest BCUT2D eigenvalue weighted by molar-refractivity contribution is 0.279. The molecule has 0 atom stereocenters. The van der Waals surface area contributed by atoms with Crippen molar-refractivity contribution < 1.29 is 13.9 Å². The van der Waals surface area contributed by atoms with Crippen LogP contribution in [0.5, 0.6) is 11.5 Å². The van der Waals surface area contributed by atoms with Crippen LogP contribution in [0, 0.1) is 5.82 Å². The number of halogens is 3. The molecule has 0 bridgehead atoms. The lowest BCUT2D eigenvalue weighted by atomic mass is 10.2. The van der Waals surface area contributed by atoms with Crippen molar-refractivity contribution >= 4 is 23.2 Å². The smallest absolute Gasteiger partial charge is 0.161 e. The van der Waals surface area contributed by atoms with Gasteiger partial charge >= 0.3 is 0 Å². The molecule has 2 rings (SSSR count). The lowest BCUT2D eigenvalue weighted by Crippen LogP contribution is -2.00. The molecule has 2 nitrogen and oxygen atoms in total. The average molecular weight is 315 g/mol. The van der Waals surface area contributed by atoms with E-state index in [-0.39, 0.29) is 6.61 Å². The molecule has 20 heavy (non-hydrogen) atoms. The molecule has 0 aliphatic heterocycles. The Morgan fingerprint density at radius 3 is 2.55 bits per heavy atom. The summed E-state index contributed by atoms with van der Waals surface area (Å²) in [6.45, 7) is 0.0884. The van der Waals surface area contributed by atoms with Crippen molar-refractivity contribution in [3.05, 3.63) is 58.4 Å². The van der Waals surface area contributed by atoms with Crippen molar-refractivity contribution in [2.45, 2.75) is 12.5 Å². The van der Waals surface area contributed by atoms with Gasteiger partial charge in [0.2, 0.25) is 0 Å². The zero-order valence-electron chi connectivity index (χ0n) is 10.8. The van der Waals surface area contributed by atoms with E-state index < -0.39 is 5.82 Å². The van der Waals surface area contributed by atoms with Gasteiger partial charge < -0.3 is 9.47 Å². The second-order valence-electron chi connectivity index (χ2n) is 4.14. The Balaban J connectivity index is 2.17. The molecule has 5 heteroatoms. The van der Waals surface area contributed by atoms with E-state index in [1.165, 1.54) is 6.07 Å². The van der Waals surface area contributed by atoms with Crippen molar-refractivity contribution in [3.63, 3.8) is 0 Å². The standard InChI is InChI=1S/C15H13Cl2FO2/c1-19-14-5-2-10(8-16)6-15(14)20-9-11-3-4-12(17)7-13(11)18/h2-7H,8-9H2,1H3. The van der Waals surface area contributed by atoms with Crippen LogP contribution >= 0.6 is 23.2 Å². The van der Waals surface area contributed by atoms with Gasteiger partial charge in [0.15, 0.2) is 11.5 Å². The Kier molecular flexibility index (Phi) is 5.10. The SMILES string of the molecule is COc1ccc(CCl)cc1OCc1ccc(Cl)cc1F. The van der Waals surface area contributed by atoms with Gasteiger partial charge in [0.25, 0.3) is 0 Å². The van der Waals surface area contributed by atoms with E-state index in [1.54, 1.807) is 31.4 Å². The molecular weight excluding hydrogens is 302 g/mol. The number of rotatable bonds is 5. The highest BCUT2D eigenvalue weighted by molar-refractivity contribution is 6.30. The highest BCUT2D eigenvalue weighted by atomic mass is 35.5. The van der Waals surface area contributed by atoms with Crippen LogP contribution in [0.15, 0.2) is 36.4 Å². The molecule has 0 amide bonds. The maximum Gasteiger partial charge on any atom is 0.161 e. The van der Waals surface area contributed by atoms with Gasteiger partial charge in [-0.3, -0.25) is 0 Å². The second-order valence-corrected chi connectivity index (χ2v) is 4.85. The summed E-state index contributed by atoms with van der Waals surface area (Å²) in [5, 5.41) is 0.355. The van der Waals surface area contributed by atoms with E-state index in [1.807, 2.05) is 6.07 Å². The predicted molar refractivity (Wildman–Crippen MR) is 78.3 cm³/mol. The van der Waals surface area contributed by atoms with Crippen LogP contribution in [0.3, 0.4) is 0 Å². The highest BCUT2D eigenvalue weighted by Gasteiger charge is 2.08. The summed E-state index contributed by atoms with van der Waals surface area (Å²) in [6.07, 6.45) is 0. The largest absolute Gasteiger partial charge is 0.493 e. The number of methoxy groups -OCH3 is 1. The molecule has 0 heterocycles. The molecule has 0 radical (unpaired) electrons. The fraction of sp³-hybridized carbons (Fsp3) is 0.200. The molecule has 0 aliphatic carbocycles. The van der Waals surface area contributed by atoms with E-state index >= 15 is 0 Å². The maximum atomic E-state index is 13.7. The van der Waals surface area contributed by atoms with Crippen molar-refractivity contribution in [1.82, 2.24) is 0 Å². The van der Waals surface area contributed by atoms with Gasteiger partial charge in [-0.05, 0) is 29.8 Å².